The Labute approximate surface area is 194 Å². The summed E-state index contributed by atoms with van der Waals surface area (Å²) in [5, 5.41) is 1.21. The number of nitrogens with zero attached hydrogens (tertiary/aromatic N) is 2. The zero-order valence-corrected chi connectivity index (χ0v) is 18.5. The average Bonchev–Trinajstić information content (AvgIpc) is 3.20. The standard InChI is InChI=1S/C31H24N2/c1-32-28-20-12-11-19-26(28)22-33-30(25-17-9-4-10-18-25)29(24-15-7-3-8-16-24)27(31(32)33)21-23-13-5-2-6-14-23/h2-22H,1H3/q+2/b27-21+. The average molecular weight is 425 g/mol. The molecule has 0 bridgehead atoms. The maximum absolute atomic E-state index is 2.37. The van der Waals surface area contributed by atoms with Crippen LogP contribution in [0.2, 0.25) is 0 Å². The van der Waals surface area contributed by atoms with Crippen LogP contribution in [0.5, 0.6) is 0 Å². The Morgan fingerprint density at radius 2 is 1.18 bits per heavy atom. The topological polar surface area (TPSA) is 7.76 Å². The van der Waals surface area contributed by atoms with Crippen LogP contribution in [0.1, 0.15) is 22.5 Å². The van der Waals surface area contributed by atoms with Crippen molar-refractivity contribution in [3.05, 3.63) is 144 Å². The van der Waals surface area contributed by atoms with Crippen LogP contribution in [0, 0.1) is 0 Å². The molecule has 0 saturated carbocycles. The van der Waals surface area contributed by atoms with Crippen molar-refractivity contribution >= 4 is 33.8 Å². The summed E-state index contributed by atoms with van der Waals surface area (Å²) in [6.45, 7) is 0. The zero-order chi connectivity index (χ0) is 22.2. The van der Waals surface area contributed by atoms with E-state index < -0.39 is 0 Å². The van der Waals surface area contributed by atoms with Gasteiger partial charge in [0.1, 0.15) is 18.0 Å². The third-order valence-electron chi connectivity index (χ3n) is 6.32. The Balaban J connectivity index is 1.77. The number of allylic oxidation sites excluding steroid dienone is 2. The lowest BCUT2D eigenvalue weighted by molar-refractivity contribution is -0.753. The molecule has 33 heavy (non-hydrogen) atoms. The lowest BCUT2D eigenvalue weighted by atomic mass is 9.94. The summed E-state index contributed by atoms with van der Waals surface area (Å²) in [6.07, 6.45) is 4.60. The van der Waals surface area contributed by atoms with Crippen LogP contribution in [-0.2, 0) is 7.05 Å². The van der Waals surface area contributed by atoms with Gasteiger partial charge in [0.25, 0.3) is 0 Å². The van der Waals surface area contributed by atoms with Crippen molar-refractivity contribution in [2.75, 3.05) is 0 Å². The second-order valence-corrected chi connectivity index (χ2v) is 8.36. The molecule has 156 valence electrons. The molecule has 0 fully saturated rings. The van der Waals surface area contributed by atoms with Crippen molar-refractivity contribution in [2.24, 2.45) is 7.05 Å². The van der Waals surface area contributed by atoms with Gasteiger partial charge in [0, 0.05) is 11.6 Å². The maximum atomic E-state index is 2.37. The van der Waals surface area contributed by atoms with Crippen LogP contribution >= 0.6 is 0 Å². The number of hydrogen-bond acceptors (Lipinski definition) is 0. The Morgan fingerprint density at radius 3 is 1.88 bits per heavy atom. The summed E-state index contributed by atoms with van der Waals surface area (Å²) in [5.74, 6) is 1.18. The highest BCUT2D eigenvalue weighted by atomic mass is 15.1. The van der Waals surface area contributed by atoms with Gasteiger partial charge in [-0.15, -0.1) is 9.13 Å². The zero-order valence-electron chi connectivity index (χ0n) is 18.5. The van der Waals surface area contributed by atoms with Crippen molar-refractivity contribution in [1.82, 2.24) is 0 Å². The molecule has 4 aromatic carbocycles. The van der Waals surface area contributed by atoms with Gasteiger partial charge < -0.3 is 0 Å². The lowest BCUT2D eigenvalue weighted by Gasteiger charge is -2.04. The number of fused-ring (bicyclic) bond motifs is 2. The molecule has 0 spiro atoms. The monoisotopic (exact) mass is 424 g/mol. The van der Waals surface area contributed by atoms with Crippen LogP contribution in [0.25, 0.3) is 33.8 Å². The molecule has 0 atom stereocenters. The van der Waals surface area contributed by atoms with E-state index in [4.69, 9.17) is 0 Å². The van der Waals surface area contributed by atoms with Gasteiger partial charge >= 0.3 is 5.82 Å². The minimum atomic E-state index is 1.18. The van der Waals surface area contributed by atoms with Crippen LogP contribution in [0.3, 0.4) is 0 Å². The molecule has 1 aliphatic heterocycles. The first-order valence-electron chi connectivity index (χ1n) is 11.3. The molecule has 0 unspecified atom stereocenters. The fraction of sp³-hybridized carbons (Fsp3) is 0.0323. The van der Waals surface area contributed by atoms with E-state index in [2.05, 4.69) is 144 Å². The lowest BCUT2D eigenvalue weighted by Crippen LogP contribution is -2.48. The smallest absolute Gasteiger partial charge is 0.137 e. The molecule has 0 aliphatic carbocycles. The van der Waals surface area contributed by atoms with Gasteiger partial charge in [-0.2, -0.15) is 0 Å². The second-order valence-electron chi connectivity index (χ2n) is 8.36. The third-order valence-corrected chi connectivity index (χ3v) is 6.32. The van der Waals surface area contributed by atoms with Crippen molar-refractivity contribution < 1.29 is 9.13 Å². The molecule has 1 aromatic heterocycles. The largest absolute Gasteiger partial charge is 0.458 e. The minimum absolute atomic E-state index is 1.18. The molecule has 6 rings (SSSR count). The minimum Gasteiger partial charge on any atom is -0.137 e. The fourth-order valence-electron chi connectivity index (χ4n) is 4.85. The molecular weight excluding hydrogens is 400 g/mol. The predicted octanol–water partition coefficient (Wildman–Crippen LogP) is 5.92. The van der Waals surface area contributed by atoms with Gasteiger partial charge in [-0.05, 0) is 35.4 Å². The number of para-hydroxylation sites is 1. The van der Waals surface area contributed by atoms with E-state index in [0.717, 1.165) is 0 Å². The van der Waals surface area contributed by atoms with Crippen molar-refractivity contribution in [3.8, 4) is 0 Å². The Kier molecular flexibility index (Phi) is 4.70. The van der Waals surface area contributed by atoms with Crippen LogP contribution < -0.4 is 9.13 Å². The van der Waals surface area contributed by atoms with Crippen LogP contribution in [0.4, 0.5) is 0 Å². The summed E-state index contributed by atoms with van der Waals surface area (Å²) in [7, 11) is 2.17. The van der Waals surface area contributed by atoms with E-state index in [-0.39, 0.29) is 0 Å². The predicted molar refractivity (Wildman–Crippen MR) is 135 cm³/mol. The SMILES string of the molecule is C[n+]1c2[n+](cc3ccccc31)C(c1ccccc1)=C(c1ccccc1)/C2=C\c1ccccc1. The van der Waals surface area contributed by atoms with E-state index in [1.165, 1.54) is 50.3 Å². The van der Waals surface area contributed by atoms with Gasteiger partial charge in [-0.25, -0.2) is 0 Å². The number of rotatable bonds is 3. The molecule has 2 heteroatoms. The molecule has 5 aromatic rings. The van der Waals surface area contributed by atoms with Crippen molar-refractivity contribution in [2.45, 2.75) is 0 Å². The van der Waals surface area contributed by atoms with E-state index in [0.29, 0.717) is 0 Å². The quantitative estimate of drug-likeness (QED) is 0.318. The summed E-state index contributed by atoms with van der Waals surface area (Å²) in [6, 6.07) is 40.7. The van der Waals surface area contributed by atoms with Gasteiger partial charge in [-0.1, -0.05) is 91.0 Å². The highest BCUT2D eigenvalue weighted by Gasteiger charge is 2.44. The molecule has 0 N–H and O–H groups in total. The Morgan fingerprint density at radius 1 is 0.606 bits per heavy atom. The fourth-order valence-corrected chi connectivity index (χ4v) is 4.85. The first kappa shape index (κ1) is 19.4. The number of aromatic nitrogens is 2. The van der Waals surface area contributed by atoms with E-state index >= 15 is 0 Å². The summed E-state index contributed by atoms with van der Waals surface area (Å²) < 4.78 is 4.69. The van der Waals surface area contributed by atoms with Gasteiger partial charge in [0.15, 0.2) is 6.20 Å². The number of benzene rings is 4. The highest BCUT2D eigenvalue weighted by molar-refractivity contribution is 6.18. The molecule has 1 aliphatic rings. The van der Waals surface area contributed by atoms with Gasteiger partial charge in [0.2, 0.25) is 11.2 Å². The first-order valence-corrected chi connectivity index (χ1v) is 11.3. The molecule has 0 amide bonds. The van der Waals surface area contributed by atoms with Crippen LogP contribution in [0.15, 0.2) is 121 Å². The summed E-state index contributed by atoms with van der Waals surface area (Å²) >= 11 is 0. The second kappa shape index (κ2) is 7.99. The van der Waals surface area contributed by atoms with Crippen LogP contribution in [-0.4, -0.2) is 0 Å². The normalized spacial score (nSPS) is 14.2. The highest BCUT2D eigenvalue weighted by Crippen LogP contribution is 2.40. The molecule has 2 heterocycles. The summed E-state index contributed by atoms with van der Waals surface area (Å²) in [4.78, 5) is 0. The first-order chi connectivity index (χ1) is 16.3. The maximum Gasteiger partial charge on any atom is 0.458 e. The molecule has 2 nitrogen and oxygen atoms in total. The van der Waals surface area contributed by atoms with Gasteiger partial charge in [0.05, 0.1) is 5.57 Å². The van der Waals surface area contributed by atoms with E-state index in [1.807, 2.05) is 0 Å². The molecular formula is C31H24N2+2. The van der Waals surface area contributed by atoms with Crippen molar-refractivity contribution in [3.63, 3.8) is 0 Å². The Bertz CT molecular complexity index is 1530. The van der Waals surface area contributed by atoms with E-state index in [9.17, 15) is 0 Å². The number of hydrogen-bond donors (Lipinski definition) is 0. The van der Waals surface area contributed by atoms with Crippen molar-refractivity contribution in [1.29, 1.82) is 0 Å². The van der Waals surface area contributed by atoms with E-state index in [1.54, 1.807) is 0 Å². The molecule has 0 radical (unpaired) electrons. The number of aryl methyl sites for hydroxylation is 1. The molecule has 0 saturated heterocycles. The Hall–Kier alpha value is -4.30. The summed E-state index contributed by atoms with van der Waals surface area (Å²) in [5.41, 5.74) is 8.50. The third kappa shape index (κ3) is 3.28. The van der Waals surface area contributed by atoms with Gasteiger partial charge in [-0.3, -0.25) is 0 Å².